The van der Waals surface area contributed by atoms with E-state index in [0.29, 0.717) is 6.42 Å². The topological polar surface area (TPSA) is 58.4 Å². The minimum Gasteiger partial charge on any atom is -0.321 e. The van der Waals surface area contributed by atoms with Gasteiger partial charge in [0.05, 0.1) is 5.69 Å². The maximum Gasteiger partial charge on any atom is 0.240 e. The molecule has 0 unspecified atom stereocenters. The Labute approximate surface area is 107 Å². The molecular formula is C14H19N3O. The van der Waals surface area contributed by atoms with Crippen molar-refractivity contribution in [3.8, 4) is 0 Å². The van der Waals surface area contributed by atoms with E-state index in [1.165, 1.54) is 18.4 Å². The molecule has 18 heavy (non-hydrogen) atoms. The second kappa shape index (κ2) is 4.28. The van der Waals surface area contributed by atoms with Crippen molar-refractivity contribution in [2.45, 2.75) is 37.6 Å². The van der Waals surface area contributed by atoms with E-state index in [9.17, 15) is 4.79 Å². The second-order valence-corrected chi connectivity index (χ2v) is 5.35. The van der Waals surface area contributed by atoms with Crippen LogP contribution in [0.4, 0.5) is 5.69 Å². The molecule has 0 bridgehead atoms. The van der Waals surface area contributed by atoms with E-state index in [4.69, 9.17) is 5.73 Å². The summed E-state index contributed by atoms with van der Waals surface area (Å²) in [6.07, 6.45) is 5.17. The highest BCUT2D eigenvalue weighted by atomic mass is 16.2. The van der Waals surface area contributed by atoms with Crippen molar-refractivity contribution in [2.75, 3.05) is 11.6 Å². The number of hydrogen-bond acceptors (Lipinski definition) is 3. The zero-order valence-electron chi connectivity index (χ0n) is 10.5. The van der Waals surface area contributed by atoms with Crippen molar-refractivity contribution in [1.82, 2.24) is 5.43 Å². The fourth-order valence-corrected chi connectivity index (χ4v) is 2.94. The summed E-state index contributed by atoms with van der Waals surface area (Å²) in [5.41, 5.74) is 11.4. The van der Waals surface area contributed by atoms with Gasteiger partial charge in [-0.3, -0.25) is 15.2 Å². The summed E-state index contributed by atoms with van der Waals surface area (Å²) in [5, 5.41) is 1.89. The van der Waals surface area contributed by atoms with E-state index in [0.717, 1.165) is 25.1 Å². The van der Waals surface area contributed by atoms with Crippen LogP contribution in [0.3, 0.4) is 0 Å². The van der Waals surface area contributed by atoms with Gasteiger partial charge in [0.15, 0.2) is 0 Å². The highest BCUT2D eigenvalue weighted by molar-refractivity contribution is 5.81. The normalized spacial score (nSPS) is 22.3. The van der Waals surface area contributed by atoms with Gasteiger partial charge < -0.3 is 5.73 Å². The van der Waals surface area contributed by atoms with Crippen LogP contribution in [-0.4, -0.2) is 12.5 Å². The van der Waals surface area contributed by atoms with E-state index < -0.39 is 0 Å². The maximum absolute atomic E-state index is 11.2. The molecule has 96 valence electrons. The SMILES string of the molecule is NC1(c2ccc(N3CCC(=O)N3)cc2)CCCC1. The van der Waals surface area contributed by atoms with Crippen LogP contribution in [0.5, 0.6) is 0 Å². The average molecular weight is 245 g/mol. The van der Waals surface area contributed by atoms with Crippen molar-refractivity contribution in [2.24, 2.45) is 5.73 Å². The Kier molecular flexibility index (Phi) is 2.74. The summed E-state index contributed by atoms with van der Waals surface area (Å²) in [4.78, 5) is 11.2. The summed E-state index contributed by atoms with van der Waals surface area (Å²) >= 11 is 0. The molecular weight excluding hydrogens is 226 g/mol. The number of hydrazine groups is 1. The van der Waals surface area contributed by atoms with Gasteiger partial charge in [0.25, 0.3) is 0 Å². The van der Waals surface area contributed by atoms with E-state index in [1.807, 2.05) is 17.1 Å². The summed E-state index contributed by atoms with van der Waals surface area (Å²) in [6, 6.07) is 8.30. The largest absolute Gasteiger partial charge is 0.321 e. The van der Waals surface area contributed by atoms with Crippen molar-refractivity contribution < 1.29 is 4.79 Å². The highest BCUT2D eigenvalue weighted by Crippen LogP contribution is 2.36. The molecule has 0 atom stereocenters. The Bertz CT molecular complexity index is 449. The molecule has 0 aromatic heterocycles. The zero-order valence-corrected chi connectivity index (χ0v) is 10.5. The van der Waals surface area contributed by atoms with Crippen molar-refractivity contribution in [3.05, 3.63) is 29.8 Å². The Balaban J connectivity index is 1.78. The number of carbonyl (C=O) groups excluding carboxylic acids is 1. The Hall–Kier alpha value is -1.55. The molecule has 1 heterocycles. The number of nitrogens with zero attached hydrogens (tertiary/aromatic N) is 1. The first-order valence-electron chi connectivity index (χ1n) is 6.64. The van der Waals surface area contributed by atoms with Crippen LogP contribution >= 0.6 is 0 Å². The molecule has 2 aliphatic rings. The Morgan fingerprint density at radius 3 is 2.39 bits per heavy atom. The molecule has 4 heteroatoms. The molecule has 1 saturated carbocycles. The number of carbonyl (C=O) groups is 1. The molecule has 0 spiro atoms. The molecule has 1 aliphatic heterocycles. The van der Waals surface area contributed by atoms with Crippen LogP contribution in [0.2, 0.25) is 0 Å². The number of hydrogen-bond donors (Lipinski definition) is 2. The average Bonchev–Trinajstić information content (AvgIpc) is 3.00. The molecule has 3 N–H and O–H groups in total. The number of benzene rings is 1. The van der Waals surface area contributed by atoms with Gasteiger partial charge >= 0.3 is 0 Å². The lowest BCUT2D eigenvalue weighted by Crippen LogP contribution is -2.34. The maximum atomic E-state index is 11.2. The minimum atomic E-state index is -0.132. The second-order valence-electron chi connectivity index (χ2n) is 5.35. The molecule has 1 aliphatic carbocycles. The van der Waals surface area contributed by atoms with E-state index in [-0.39, 0.29) is 11.4 Å². The van der Waals surface area contributed by atoms with Gasteiger partial charge in [-0.05, 0) is 30.5 Å². The van der Waals surface area contributed by atoms with Crippen LogP contribution < -0.4 is 16.2 Å². The zero-order chi connectivity index (χ0) is 12.6. The van der Waals surface area contributed by atoms with Crippen LogP contribution in [0, 0.1) is 0 Å². The monoisotopic (exact) mass is 245 g/mol. The highest BCUT2D eigenvalue weighted by Gasteiger charge is 2.31. The first kappa shape index (κ1) is 11.5. The van der Waals surface area contributed by atoms with Gasteiger partial charge in [-0.25, -0.2) is 0 Å². The van der Waals surface area contributed by atoms with Gasteiger partial charge in [0, 0.05) is 18.5 Å². The standard InChI is InChI=1S/C14H19N3O/c15-14(8-1-2-9-14)11-3-5-12(6-4-11)17-10-7-13(18)16-17/h3-6H,1-2,7-10,15H2,(H,16,18). The number of anilines is 1. The van der Waals surface area contributed by atoms with Crippen LogP contribution in [-0.2, 0) is 10.3 Å². The Morgan fingerprint density at radius 1 is 1.17 bits per heavy atom. The summed E-state index contributed by atoms with van der Waals surface area (Å²) in [7, 11) is 0. The third-order valence-corrected chi connectivity index (χ3v) is 4.07. The third kappa shape index (κ3) is 1.97. The number of nitrogens with one attached hydrogen (secondary N) is 1. The molecule has 4 nitrogen and oxygen atoms in total. The lowest BCUT2D eigenvalue weighted by atomic mass is 9.89. The lowest BCUT2D eigenvalue weighted by Gasteiger charge is -2.25. The van der Waals surface area contributed by atoms with Gasteiger partial charge in [-0.1, -0.05) is 25.0 Å². The first-order valence-corrected chi connectivity index (χ1v) is 6.64. The number of nitrogens with two attached hydrogens (primary N) is 1. The van der Waals surface area contributed by atoms with Gasteiger partial charge in [0.2, 0.25) is 5.91 Å². The van der Waals surface area contributed by atoms with Gasteiger partial charge in [-0.2, -0.15) is 0 Å². The smallest absolute Gasteiger partial charge is 0.240 e. The summed E-state index contributed by atoms with van der Waals surface area (Å²) < 4.78 is 0. The minimum absolute atomic E-state index is 0.0881. The fraction of sp³-hybridized carbons (Fsp3) is 0.500. The first-order chi connectivity index (χ1) is 8.67. The molecule has 0 radical (unpaired) electrons. The molecule has 1 saturated heterocycles. The fourth-order valence-electron chi connectivity index (χ4n) is 2.94. The van der Waals surface area contributed by atoms with Crippen molar-refractivity contribution in [1.29, 1.82) is 0 Å². The van der Waals surface area contributed by atoms with E-state index in [1.54, 1.807) is 0 Å². The number of amides is 1. The molecule has 1 amide bonds. The molecule has 1 aromatic carbocycles. The quantitative estimate of drug-likeness (QED) is 0.833. The van der Waals surface area contributed by atoms with Crippen molar-refractivity contribution >= 4 is 11.6 Å². The van der Waals surface area contributed by atoms with Crippen LogP contribution in [0.1, 0.15) is 37.7 Å². The van der Waals surface area contributed by atoms with Gasteiger partial charge in [-0.15, -0.1) is 0 Å². The summed E-state index contributed by atoms with van der Waals surface area (Å²) in [5.74, 6) is 0.0881. The van der Waals surface area contributed by atoms with E-state index in [2.05, 4.69) is 17.6 Å². The van der Waals surface area contributed by atoms with E-state index >= 15 is 0 Å². The van der Waals surface area contributed by atoms with Crippen LogP contribution in [0.15, 0.2) is 24.3 Å². The molecule has 3 rings (SSSR count). The summed E-state index contributed by atoms with van der Waals surface area (Å²) in [6.45, 7) is 0.742. The van der Waals surface area contributed by atoms with Crippen LogP contribution in [0.25, 0.3) is 0 Å². The predicted octanol–water partition coefficient (Wildman–Crippen LogP) is 1.66. The third-order valence-electron chi connectivity index (χ3n) is 4.07. The van der Waals surface area contributed by atoms with Gasteiger partial charge in [0.1, 0.15) is 0 Å². The lowest BCUT2D eigenvalue weighted by molar-refractivity contribution is -0.119. The predicted molar refractivity (Wildman–Crippen MR) is 70.9 cm³/mol. The molecule has 2 fully saturated rings. The molecule has 1 aromatic rings. The van der Waals surface area contributed by atoms with Crippen molar-refractivity contribution in [3.63, 3.8) is 0 Å². The Morgan fingerprint density at radius 2 is 1.83 bits per heavy atom. The number of rotatable bonds is 2.